The number of anilines is 1. The van der Waals surface area contributed by atoms with E-state index in [0.29, 0.717) is 24.7 Å². The molecule has 8 heteroatoms. The molecule has 3 rings (SSSR count). The molecule has 0 spiro atoms. The van der Waals surface area contributed by atoms with E-state index in [-0.39, 0.29) is 5.84 Å². The van der Waals surface area contributed by atoms with Gasteiger partial charge in [-0.3, -0.25) is 10.4 Å². The molecule has 2 heterocycles. The van der Waals surface area contributed by atoms with Gasteiger partial charge in [-0.25, -0.2) is 0 Å². The van der Waals surface area contributed by atoms with Gasteiger partial charge in [0.05, 0.1) is 18.2 Å². The lowest BCUT2D eigenvalue weighted by Gasteiger charge is -2.23. The summed E-state index contributed by atoms with van der Waals surface area (Å²) in [6, 6.07) is 0.487. The molecule has 2 aromatic rings. The number of aromatic nitrogens is 5. The molecule has 94 valence electrons. The van der Waals surface area contributed by atoms with E-state index in [0.717, 1.165) is 18.7 Å². The van der Waals surface area contributed by atoms with Crippen LogP contribution in [0, 0.1) is 5.41 Å². The Bertz CT molecular complexity index is 572. The molecular weight excluding hydrogens is 232 g/mol. The quantitative estimate of drug-likeness (QED) is 0.559. The molecule has 1 aliphatic carbocycles. The van der Waals surface area contributed by atoms with Gasteiger partial charge in [0.25, 0.3) is 0 Å². The highest BCUT2D eigenvalue weighted by Crippen LogP contribution is 2.31. The van der Waals surface area contributed by atoms with E-state index in [1.807, 2.05) is 0 Å². The highest BCUT2D eigenvalue weighted by atomic mass is 15.5. The van der Waals surface area contributed by atoms with E-state index >= 15 is 0 Å². The van der Waals surface area contributed by atoms with Crippen molar-refractivity contribution in [2.75, 3.05) is 11.4 Å². The summed E-state index contributed by atoms with van der Waals surface area (Å²) in [6.45, 7) is 0.695. The van der Waals surface area contributed by atoms with Crippen LogP contribution < -0.4 is 10.6 Å². The van der Waals surface area contributed by atoms with Crippen molar-refractivity contribution in [1.82, 2.24) is 25.0 Å². The number of nitrogens with two attached hydrogens (primary N) is 1. The summed E-state index contributed by atoms with van der Waals surface area (Å²) in [4.78, 5) is 6.33. The lowest BCUT2D eigenvalue weighted by atomic mass is 10.3. The summed E-state index contributed by atoms with van der Waals surface area (Å²) in [5, 5.41) is 18.8. The number of fused-ring (bicyclic) bond motifs is 1. The molecule has 1 saturated carbocycles. The van der Waals surface area contributed by atoms with Gasteiger partial charge in [0, 0.05) is 19.0 Å². The van der Waals surface area contributed by atoms with E-state index in [1.165, 1.54) is 0 Å². The van der Waals surface area contributed by atoms with Crippen LogP contribution in [0.25, 0.3) is 5.65 Å². The fourth-order valence-corrected chi connectivity index (χ4v) is 1.97. The zero-order chi connectivity index (χ0) is 12.5. The van der Waals surface area contributed by atoms with Crippen LogP contribution in [0.4, 0.5) is 5.82 Å². The Kier molecular flexibility index (Phi) is 2.54. The minimum absolute atomic E-state index is 0.192. The molecule has 1 aliphatic rings. The van der Waals surface area contributed by atoms with E-state index < -0.39 is 0 Å². The zero-order valence-electron chi connectivity index (χ0n) is 9.82. The van der Waals surface area contributed by atoms with Crippen molar-refractivity contribution in [2.24, 2.45) is 5.73 Å². The molecule has 18 heavy (non-hydrogen) atoms. The van der Waals surface area contributed by atoms with Gasteiger partial charge in [-0.1, -0.05) is 0 Å². The monoisotopic (exact) mass is 246 g/mol. The van der Waals surface area contributed by atoms with Crippen molar-refractivity contribution in [3.63, 3.8) is 0 Å². The maximum atomic E-state index is 7.33. The fraction of sp³-hybridized carbons (Fsp3) is 0.500. The average Bonchev–Trinajstić information content (AvgIpc) is 3.06. The summed E-state index contributed by atoms with van der Waals surface area (Å²) in [6.07, 6.45) is 6.21. The molecule has 0 radical (unpaired) electrons. The number of rotatable bonds is 5. The molecule has 0 unspecified atom stereocenters. The van der Waals surface area contributed by atoms with Gasteiger partial charge < -0.3 is 10.6 Å². The van der Waals surface area contributed by atoms with Crippen molar-refractivity contribution in [1.29, 1.82) is 5.41 Å². The summed E-state index contributed by atoms with van der Waals surface area (Å²) >= 11 is 0. The second-order valence-corrected chi connectivity index (χ2v) is 4.41. The van der Waals surface area contributed by atoms with Gasteiger partial charge in [0.15, 0.2) is 11.5 Å². The van der Waals surface area contributed by atoms with Gasteiger partial charge in [0.2, 0.25) is 0 Å². The van der Waals surface area contributed by atoms with E-state index in [1.54, 1.807) is 16.9 Å². The fourth-order valence-electron chi connectivity index (χ4n) is 1.97. The third-order valence-electron chi connectivity index (χ3n) is 2.99. The SMILES string of the molecule is N=C(N)CCN(c1cncc2nnnn12)C1CC1. The van der Waals surface area contributed by atoms with Crippen molar-refractivity contribution >= 4 is 17.3 Å². The van der Waals surface area contributed by atoms with Crippen LogP contribution in [0.15, 0.2) is 12.4 Å². The molecule has 0 aliphatic heterocycles. The summed E-state index contributed by atoms with van der Waals surface area (Å²) in [5.74, 6) is 1.05. The number of nitrogens with one attached hydrogen (secondary N) is 1. The Morgan fingerprint density at radius 1 is 1.50 bits per heavy atom. The van der Waals surface area contributed by atoms with E-state index in [9.17, 15) is 0 Å². The first-order chi connectivity index (χ1) is 8.75. The number of tetrazole rings is 1. The predicted octanol–water partition coefficient (Wildman–Crippen LogP) is -0.186. The molecule has 0 amide bonds. The normalized spacial score (nSPS) is 14.9. The summed E-state index contributed by atoms with van der Waals surface area (Å²) < 4.78 is 1.67. The third kappa shape index (κ3) is 1.96. The van der Waals surface area contributed by atoms with Crippen LogP contribution in [0.1, 0.15) is 19.3 Å². The Balaban J connectivity index is 1.93. The van der Waals surface area contributed by atoms with Crippen molar-refractivity contribution in [2.45, 2.75) is 25.3 Å². The zero-order valence-corrected chi connectivity index (χ0v) is 9.82. The topological polar surface area (TPSA) is 109 Å². The number of amidine groups is 1. The summed E-state index contributed by atoms with van der Waals surface area (Å²) in [7, 11) is 0. The molecule has 0 bridgehead atoms. The standard InChI is InChI=1S/C10H14N8/c11-8(12)3-4-17(7-1-2-7)10-6-13-5-9-14-15-16-18(9)10/h5-7H,1-4H2,(H3,11,12). The van der Waals surface area contributed by atoms with Crippen LogP contribution in [-0.4, -0.2) is 43.4 Å². The maximum absolute atomic E-state index is 7.33. The lowest BCUT2D eigenvalue weighted by Crippen LogP contribution is -2.31. The molecule has 1 fully saturated rings. The van der Waals surface area contributed by atoms with Crippen LogP contribution in [0.3, 0.4) is 0 Å². The molecule has 0 atom stereocenters. The van der Waals surface area contributed by atoms with Crippen molar-refractivity contribution in [3.05, 3.63) is 12.4 Å². The first-order valence-electron chi connectivity index (χ1n) is 5.87. The second-order valence-electron chi connectivity index (χ2n) is 4.41. The van der Waals surface area contributed by atoms with E-state index in [4.69, 9.17) is 11.1 Å². The molecule has 3 N–H and O–H groups in total. The number of hydrogen-bond acceptors (Lipinski definition) is 6. The number of nitrogens with zero attached hydrogens (tertiary/aromatic N) is 6. The molecule has 0 aromatic carbocycles. The molecular formula is C10H14N8. The Labute approximate surface area is 103 Å². The van der Waals surface area contributed by atoms with Crippen molar-refractivity contribution < 1.29 is 0 Å². The van der Waals surface area contributed by atoms with Crippen LogP contribution in [0.2, 0.25) is 0 Å². The minimum atomic E-state index is 0.192. The molecule has 2 aromatic heterocycles. The Hall–Kier alpha value is -2.25. The van der Waals surface area contributed by atoms with Gasteiger partial charge in [-0.2, -0.15) is 4.52 Å². The minimum Gasteiger partial charge on any atom is -0.388 e. The van der Waals surface area contributed by atoms with Gasteiger partial charge in [-0.05, 0) is 23.3 Å². The van der Waals surface area contributed by atoms with Gasteiger partial charge >= 0.3 is 0 Å². The van der Waals surface area contributed by atoms with Crippen LogP contribution >= 0.6 is 0 Å². The summed E-state index contributed by atoms with van der Waals surface area (Å²) in [5.41, 5.74) is 6.05. The highest BCUT2D eigenvalue weighted by molar-refractivity contribution is 5.77. The third-order valence-corrected chi connectivity index (χ3v) is 2.99. The largest absolute Gasteiger partial charge is 0.388 e. The van der Waals surface area contributed by atoms with Gasteiger partial charge in [0.1, 0.15) is 0 Å². The highest BCUT2D eigenvalue weighted by Gasteiger charge is 2.30. The second kappa shape index (κ2) is 4.21. The maximum Gasteiger partial charge on any atom is 0.199 e. The first-order valence-corrected chi connectivity index (χ1v) is 5.87. The van der Waals surface area contributed by atoms with Gasteiger partial charge in [-0.15, -0.1) is 5.10 Å². The first kappa shape index (κ1) is 10.9. The average molecular weight is 246 g/mol. The van der Waals surface area contributed by atoms with E-state index in [2.05, 4.69) is 25.4 Å². The molecule has 0 saturated heterocycles. The number of hydrogen-bond donors (Lipinski definition) is 2. The Morgan fingerprint density at radius 3 is 3.06 bits per heavy atom. The predicted molar refractivity (Wildman–Crippen MR) is 65.5 cm³/mol. The van der Waals surface area contributed by atoms with Crippen molar-refractivity contribution in [3.8, 4) is 0 Å². The Morgan fingerprint density at radius 2 is 2.33 bits per heavy atom. The van der Waals surface area contributed by atoms with Crippen LogP contribution in [0.5, 0.6) is 0 Å². The molecule has 8 nitrogen and oxygen atoms in total. The lowest BCUT2D eigenvalue weighted by molar-refractivity contribution is 0.733. The smallest absolute Gasteiger partial charge is 0.199 e. The van der Waals surface area contributed by atoms with Crippen LogP contribution in [-0.2, 0) is 0 Å².